The molecule has 0 rings (SSSR count). The summed E-state index contributed by atoms with van der Waals surface area (Å²) in [6.07, 6.45) is 8.86. The minimum atomic E-state index is -0.144. The summed E-state index contributed by atoms with van der Waals surface area (Å²) in [4.78, 5) is 16.6. The molecule has 0 atom stereocenters. The van der Waals surface area contributed by atoms with Gasteiger partial charge in [-0.3, -0.25) is 9.63 Å². The zero-order valence-electron chi connectivity index (χ0n) is 8.66. The molecular weight excluding hydrogens is 178 g/mol. The van der Waals surface area contributed by atoms with E-state index in [1.54, 1.807) is 0 Å². The number of hydroxylamine groups is 2. The molecule has 3 heteroatoms. The molecule has 3 nitrogen and oxygen atoms in total. The first-order chi connectivity index (χ1) is 6.76. The van der Waals surface area contributed by atoms with Crippen LogP contribution in [0.1, 0.15) is 26.2 Å². The second-order valence-corrected chi connectivity index (χ2v) is 2.81. The standard InChI is InChI=1S/C11H17NO2/c1-4-7-10-14-12(9-6-3)11(13)8-5-2/h3,5H,2,4,7-10H2,1H3. The minimum absolute atomic E-state index is 0.144. The van der Waals surface area contributed by atoms with Gasteiger partial charge in [0.25, 0.3) is 5.91 Å². The van der Waals surface area contributed by atoms with Crippen LogP contribution in [0.3, 0.4) is 0 Å². The van der Waals surface area contributed by atoms with Crippen LogP contribution in [0.2, 0.25) is 0 Å². The molecular formula is C11H17NO2. The number of terminal acetylenes is 1. The molecule has 0 bridgehead atoms. The van der Waals surface area contributed by atoms with Gasteiger partial charge < -0.3 is 0 Å². The Morgan fingerprint density at radius 2 is 2.43 bits per heavy atom. The van der Waals surface area contributed by atoms with E-state index in [9.17, 15) is 4.79 Å². The first-order valence-electron chi connectivity index (χ1n) is 4.73. The van der Waals surface area contributed by atoms with Gasteiger partial charge in [-0.15, -0.1) is 13.0 Å². The van der Waals surface area contributed by atoms with Crippen LogP contribution in [0.5, 0.6) is 0 Å². The molecule has 0 aromatic heterocycles. The third-order valence-electron chi connectivity index (χ3n) is 1.58. The van der Waals surface area contributed by atoms with Crippen molar-refractivity contribution in [1.29, 1.82) is 0 Å². The van der Waals surface area contributed by atoms with E-state index in [1.165, 1.54) is 11.1 Å². The number of hydrogen-bond donors (Lipinski definition) is 0. The van der Waals surface area contributed by atoms with Gasteiger partial charge >= 0.3 is 0 Å². The Morgan fingerprint density at radius 1 is 1.71 bits per heavy atom. The van der Waals surface area contributed by atoms with E-state index in [1.807, 2.05) is 0 Å². The van der Waals surface area contributed by atoms with Crippen LogP contribution >= 0.6 is 0 Å². The molecule has 0 spiro atoms. The number of unbranched alkanes of at least 4 members (excludes halogenated alkanes) is 1. The fraction of sp³-hybridized carbons (Fsp3) is 0.545. The van der Waals surface area contributed by atoms with Crippen molar-refractivity contribution in [1.82, 2.24) is 5.06 Å². The van der Waals surface area contributed by atoms with Crippen LogP contribution in [0.4, 0.5) is 0 Å². The lowest BCUT2D eigenvalue weighted by atomic mass is 10.4. The van der Waals surface area contributed by atoms with Gasteiger partial charge in [0.2, 0.25) is 0 Å². The van der Waals surface area contributed by atoms with Crippen LogP contribution in [-0.2, 0) is 9.63 Å². The van der Waals surface area contributed by atoms with Gasteiger partial charge in [0.05, 0.1) is 6.61 Å². The second kappa shape index (κ2) is 8.33. The van der Waals surface area contributed by atoms with E-state index < -0.39 is 0 Å². The maximum absolute atomic E-state index is 11.4. The Labute approximate surface area is 85.7 Å². The van der Waals surface area contributed by atoms with Crippen molar-refractivity contribution in [3.8, 4) is 12.3 Å². The smallest absolute Gasteiger partial charge is 0.250 e. The lowest BCUT2D eigenvalue weighted by Gasteiger charge is -2.18. The average Bonchev–Trinajstić information content (AvgIpc) is 2.17. The summed E-state index contributed by atoms with van der Waals surface area (Å²) in [5.74, 6) is 2.24. The number of rotatable bonds is 7. The molecule has 0 radical (unpaired) electrons. The Hall–Kier alpha value is -1.27. The Bertz CT molecular complexity index is 218. The third kappa shape index (κ3) is 5.39. The quantitative estimate of drug-likeness (QED) is 0.268. The van der Waals surface area contributed by atoms with Gasteiger partial charge in [-0.05, 0) is 6.42 Å². The van der Waals surface area contributed by atoms with Gasteiger partial charge in [0.15, 0.2) is 0 Å². The van der Waals surface area contributed by atoms with E-state index in [0.717, 1.165) is 12.8 Å². The van der Waals surface area contributed by atoms with Gasteiger partial charge in [-0.2, -0.15) is 0 Å². The van der Waals surface area contributed by atoms with E-state index in [0.29, 0.717) is 6.61 Å². The van der Waals surface area contributed by atoms with Crippen molar-refractivity contribution in [2.75, 3.05) is 13.2 Å². The maximum atomic E-state index is 11.4. The topological polar surface area (TPSA) is 29.5 Å². The number of nitrogens with zero attached hydrogens (tertiary/aromatic N) is 1. The number of amides is 1. The monoisotopic (exact) mass is 195 g/mol. The summed E-state index contributed by atoms with van der Waals surface area (Å²) in [6, 6.07) is 0. The van der Waals surface area contributed by atoms with Gasteiger partial charge in [-0.25, -0.2) is 5.06 Å². The molecule has 0 saturated heterocycles. The zero-order chi connectivity index (χ0) is 10.8. The molecule has 0 unspecified atom stereocenters. The van der Waals surface area contributed by atoms with E-state index >= 15 is 0 Å². The normalized spacial score (nSPS) is 9.14. The summed E-state index contributed by atoms with van der Waals surface area (Å²) in [7, 11) is 0. The number of carbonyl (C=O) groups is 1. The molecule has 0 aliphatic carbocycles. The highest BCUT2D eigenvalue weighted by Crippen LogP contribution is 1.98. The van der Waals surface area contributed by atoms with Crippen molar-refractivity contribution in [2.45, 2.75) is 26.2 Å². The highest BCUT2D eigenvalue weighted by molar-refractivity contribution is 5.76. The van der Waals surface area contributed by atoms with Crippen LogP contribution in [0.15, 0.2) is 12.7 Å². The summed E-state index contributed by atoms with van der Waals surface area (Å²) in [5, 5.41) is 1.22. The highest BCUT2D eigenvalue weighted by atomic mass is 16.7. The molecule has 0 N–H and O–H groups in total. The molecule has 0 heterocycles. The summed E-state index contributed by atoms with van der Waals surface area (Å²) in [6.45, 7) is 6.26. The number of hydrogen-bond acceptors (Lipinski definition) is 2. The highest BCUT2D eigenvalue weighted by Gasteiger charge is 2.10. The summed E-state index contributed by atoms with van der Waals surface area (Å²) < 4.78 is 0. The van der Waals surface area contributed by atoms with Gasteiger partial charge in [0.1, 0.15) is 6.54 Å². The second-order valence-electron chi connectivity index (χ2n) is 2.81. The van der Waals surface area contributed by atoms with Crippen LogP contribution in [0, 0.1) is 12.3 Å². The van der Waals surface area contributed by atoms with Crippen LogP contribution < -0.4 is 0 Å². The van der Waals surface area contributed by atoms with E-state index in [4.69, 9.17) is 11.3 Å². The SMILES string of the molecule is C#CCN(OCCCC)C(=O)CC=C. The van der Waals surface area contributed by atoms with Crippen molar-refractivity contribution in [3.63, 3.8) is 0 Å². The van der Waals surface area contributed by atoms with E-state index in [2.05, 4.69) is 19.4 Å². The predicted octanol–water partition coefficient (Wildman–Crippen LogP) is 1.76. The fourth-order valence-corrected chi connectivity index (χ4v) is 0.833. The van der Waals surface area contributed by atoms with Crippen molar-refractivity contribution < 1.29 is 9.63 Å². The molecule has 0 aromatic rings. The van der Waals surface area contributed by atoms with Crippen molar-refractivity contribution >= 4 is 5.91 Å². The minimum Gasteiger partial charge on any atom is -0.272 e. The molecule has 0 aromatic carbocycles. The van der Waals surface area contributed by atoms with E-state index in [-0.39, 0.29) is 18.9 Å². The first kappa shape index (κ1) is 12.7. The largest absolute Gasteiger partial charge is 0.272 e. The average molecular weight is 195 g/mol. The lowest BCUT2D eigenvalue weighted by Crippen LogP contribution is -2.31. The fourth-order valence-electron chi connectivity index (χ4n) is 0.833. The zero-order valence-corrected chi connectivity index (χ0v) is 8.66. The summed E-state index contributed by atoms with van der Waals surface area (Å²) in [5.41, 5.74) is 0. The molecule has 0 aliphatic rings. The molecule has 0 fully saturated rings. The Kier molecular flexibility index (Phi) is 7.58. The summed E-state index contributed by atoms with van der Waals surface area (Å²) >= 11 is 0. The molecule has 1 amide bonds. The Balaban J connectivity index is 3.94. The lowest BCUT2D eigenvalue weighted by molar-refractivity contribution is -0.182. The van der Waals surface area contributed by atoms with Gasteiger partial charge in [-0.1, -0.05) is 25.3 Å². The Morgan fingerprint density at radius 3 is 2.93 bits per heavy atom. The van der Waals surface area contributed by atoms with Crippen LogP contribution in [0.25, 0.3) is 0 Å². The third-order valence-corrected chi connectivity index (χ3v) is 1.58. The first-order valence-corrected chi connectivity index (χ1v) is 4.73. The molecule has 0 saturated carbocycles. The molecule has 14 heavy (non-hydrogen) atoms. The predicted molar refractivity (Wildman–Crippen MR) is 56.2 cm³/mol. The molecule has 0 aliphatic heterocycles. The van der Waals surface area contributed by atoms with Crippen LogP contribution in [-0.4, -0.2) is 24.1 Å². The maximum Gasteiger partial charge on any atom is 0.250 e. The molecule has 78 valence electrons. The van der Waals surface area contributed by atoms with Crippen molar-refractivity contribution in [2.24, 2.45) is 0 Å². The van der Waals surface area contributed by atoms with Crippen molar-refractivity contribution in [3.05, 3.63) is 12.7 Å². The van der Waals surface area contributed by atoms with Gasteiger partial charge in [0, 0.05) is 6.42 Å². The number of carbonyl (C=O) groups excluding carboxylic acids is 1.